The van der Waals surface area contributed by atoms with E-state index in [0.717, 1.165) is 29.9 Å². The third-order valence-corrected chi connectivity index (χ3v) is 3.20. The van der Waals surface area contributed by atoms with Gasteiger partial charge in [-0.1, -0.05) is 0 Å². The Kier molecular flexibility index (Phi) is 2.85. The van der Waals surface area contributed by atoms with Crippen LogP contribution in [0.4, 0.5) is 5.82 Å². The van der Waals surface area contributed by atoms with Gasteiger partial charge in [0.05, 0.1) is 0 Å². The van der Waals surface area contributed by atoms with Crippen molar-refractivity contribution in [2.45, 2.75) is 38.8 Å². The molecule has 1 fully saturated rings. The van der Waals surface area contributed by atoms with E-state index in [0.29, 0.717) is 6.04 Å². The molecule has 1 aliphatic carbocycles. The molecule has 2 aromatic heterocycles. The average Bonchev–Trinajstić information content (AvgIpc) is 3.04. The lowest BCUT2D eigenvalue weighted by molar-refractivity contribution is -0.121. The highest BCUT2D eigenvalue weighted by Crippen LogP contribution is 2.19. The monoisotopic (exact) mass is 259 g/mol. The Hall–Kier alpha value is -2.11. The number of hydrogen-bond acceptors (Lipinski definition) is 4. The van der Waals surface area contributed by atoms with Crippen molar-refractivity contribution in [1.82, 2.24) is 19.9 Å². The summed E-state index contributed by atoms with van der Waals surface area (Å²) in [6.45, 7) is 3.84. The standard InChI is InChI=1S/C13H17N5O/c1-8-5-11-14-7-15-18(11)12(6-8)16-9(2)13(19)17-10-3-4-10/h5-7,9-10,16H,3-4H2,1-2H3,(H,17,19). The molecule has 0 bridgehead atoms. The van der Waals surface area contributed by atoms with Crippen LogP contribution in [0.15, 0.2) is 18.5 Å². The minimum Gasteiger partial charge on any atom is -0.359 e. The molecule has 0 saturated heterocycles. The maximum Gasteiger partial charge on any atom is 0.242 e. The van der Waals surface area contributed by atoms with Gasteiger partial charge in [0.25, 0.3) is 0 Å². The fourth-order valence-electron chi connectivity index (χ4n) is 2.00. The number of pyridine rings is 1. The highest BCUT2D eigenvalue weighted by molar-refractivity contribution is 5.84. The fraction of sp³-hybridized carbons (Fsp3) is 0.462. The molecule has 1 amide bonds. The first-order chi connectivity index (χ1) is 9.13. The number of aromatic nitrogens is 3. The molecule has 1 saturated carbocycles. The van der Waals surface area contributed by atoms with Crippen LogP contribution in [-0.2, 0) is 4.79 Å². The molecule has 0 aromatic carbocycles. The first kappa shape index (κ1) is 12.0. The van der Waals surface area contributed by atoms with E-state index in [1.54, 1.807) is 4.52 Å². The zero-order valence-corrected chi connectivity index (χ0v) is 11.1. The SMILES string of the molecule is Cc1cc(NC(C)C(=O)NC2CC2)n2ncnc2c1. The largest absolute Gasteiger partial charge is 0.359 e. The lowest BCUT2D eigenvalue weighted by Gasteiger charge is -2.16. The van der Waals surface area contributed by atoms with Crippen LogP contribution in [0.5, 0.6) is 0 Å². The molecule has 2 N–H and O–H groups in total. The quantitative estimate of drug-likeness (QED) is 0.863. The molecule has 6 nitrogen and oxygen atoms in total. The zero-order chi connectivity index (χ0) is 13.4. The van der Waals surface area contributed by atoms with Crippen molar-refractivity contribution in [2.24, 2.45) is 0 Å². The van der Waals surface area contributed by atoms with Crippen LogP contribution < -0.4 is 10.6 Å². The van der Waals surface area contributed by atoms with Crippen LogP contribution in [0, 0.1) is 6.92 Å². The Morgan fingerprint density at radius 2 is 2.26 bits per heavy atom. The molecular weight excluding hydrogens is 242 g/mol. The Balaban J connectivity index is 1.79. The minimum absolute atomic E-state index is 0.0253. The predicted molar refractivity (Wildman–Crippen MR) is 72.0 cm³/mol. The van der Waals surface area contributed by atoms with Crippen molar-refractivity contribution in [1.29, 1.82) is 0 Å². The van der Waals surface area contributed by atoms with Gasteiger partial charge in [-0.25, -0.2) is 4.98 Å². The molecule has 3 rings (SSSR count). The summed E-state index contributed by atoms with van der Waals surface area (Å²) < 4.78 is 1.70. The third-order valence-electron chi connectivity index (χ3n) is 3.20. The Morgan fingerprint density at radius 1 is 1.47 bits per heavy atom. The summed E-state index contributed by atoms with van der Waals surface area (Å²) in [4.78, 5) is 16.1. The van der Waals surface area contributed by atoms with E-state index in [1.165, 1.54) is 6.33 Å². The fourth-order valence-corrected chi connectivity index (χ4v) is 2.00. The van der Waals surface area contributed by atoms with Crippen molar-refractivity contribution in [3.05, 3.63) is 24.0 Å². The molecule has 2 aromatic rings. The predicted octanol–water partition coefficient (Wildman–Crippen LogP) is 1.12. The number of hydrogen-bond donors (Lipinski definition) is 2. The number of nitrogens with zero attached hydrogens (tertiary/aromatic N) is 3. The first-order valence-corrected chi connectivity index (χ1v) is 6.51. The highest BCUT2D eigenvalue weighted by atomic mass is 16.2. The molecule has 0 spiro atoms. The number of nitrogens with one attached hydrogen (secondary N) is 2. The van der Waals surface area contributed by atoms with Crippen molar-refractivity contribution < 1.29 is 4.79 Å². The van der Waals surface area contributed by atoms with E-state index in [9.17, 15) is 4.79 Å². The summed E-state index contributed by atoms with van der Waals surface area (Å²) in [5, 5.41) is 10.3. The van der Waals surface area contributed by atoms with Crippen molar-refractivity contribution in [3.8, 4) is 0 Å². The van der Waals surface area contributed by atoms with E-state index in [4.69, 9.17) is 0 Å². The van der Waals surface area contributed by atoms with Crippen LogP contribution in [0.1, 0.15) is 25.3 Å². The van der Waals surface area contributed by atoms with E-state index in [1.807, 2.05) is 26.0 Å². The Labute approximate surface area is 111 Å². The summed E-state index contributed by atoms with van der Waals surface area (Å²) in [7, 11) is 0. The minimum atomic E-state index is -0.296. The Morgan fingerprint density at radius 3 is 3.00 bits per heavy atom. The van der Waals surface area contributed by atoms with Gasteiger partial charge in [-0.05, 0) is 44.4 Å². The molecule has 100 valence electrons. The normalized spacial score (nSPS) is 16.3. The van der Waals surface area contributed by atoms with Crippen LogP contribution in [-0.4, -0.2) is 32.6 Å². The van der Waals surface area contributed by atoms with Gasteiger partial charge in [-0.15, -0.1) is 0 Å². The van der Waals surface area contributed by atoms with Gasteiger partial charge in [0.15, 0.2) is 5.65 Å². The van der Waals surface area contributed by atoms with E-state index >= 15 is 0 Å². The zero-order valence-electron chi connectivity index (χ0n) is 11.1. The number of amides is 1. The molecule has 1 unspecified atom stereocenters. The van der Waals surface area contributed by atoms with Gasteiger partial charge in [0.2, 0.25) is 5.91 Å². The number of rotatable bonds is 4. The molecule has 1 aliphatic rings. The maximum atomic E-state index is 11.9. The molecular formula is C13H17N5O. The number of anilines is 1. The highest BCUT2D eigenvalue weighted by Gasteiger charge is 2.25. The van der Waals surface area contributed by atoms with Gasteiger partial charge < -0.3 is 10.6 Å². The van der Waals surface area contributed by atoms with Gasteiger partial charge in [-0.3, -0.25) is 4.79 Å². The summed E-state index contributed by atoms with van der Waals surface area (Å²) in [5.74, 6) is 0.809. The molecule has 0 aliphatic heterocycles. The molecule has 2 heterocycles. The van der Waals surface area contributed by atoms with E-state index in [2.05, 4.69) is 20.7 Å². The number of aryl methyl sites for hydroxylation is 1. The molecule has 0 radical (unpaired) electrons. The third kappa shape index (κ3) is 2.52. The van der Waals surface area contributed by atoms with Crippen LogP contribution in [0.2, 0.25) is 0 Å². The second-order valence-corrected chi connectivity index (χ2v) is 5.10. The van der Waals surface area contributed by atoms with Gasteiger partial charge in [0.1, 0.15) is 18.2 Å². The number of carbonyl (C=O) groups is 1. The summed E-state index contributed by atoms with van der Waals surface area (Å²) >= 11 is 0. The Bertz CT molecular complexity index is 617. The first-order valence-electron chi connectivity index (χ1n) is 6.51. The summed E-state index contributed by atoms with van der Waals surface area (Å²) in [6.07, 6.45) is 3.70. The topological polar surface area (TPSA) is 71.3 Å². The lowest BCUT2D eigenvalue weighted by Crippen LogP contribution is -2.39. The van der Waals surface area contributed by atoms with Crippen molar-refractivity contribution in [3.63, 3.8) is 0 Å². The van der Waals surface area contributed by atoms with Gasteiger partial charge in [-0.2, -0.15) is 9.61 Å². The lowest BCUT2D eigenvalue weighted by atomic mass is 10.2. The molecule has 19 heavy (non-hydrogen) atoms. The summed E-state index contributed by atoms with van der Waals surface area (Å²) in [6, 6.07) is 3.99. The molecule has 1 atom stereocenters. The average molecular weight is 259 g/mol. The maximum absolute atomic E-state index is 11.9. The van der Waals surface area contributed by atoms with E-state index < -0.39 is 0 Å². The van der Waals surface area contributed by atoms with Gasteiger partial charge >= 0.3 is 0 Å². The number of carbonyl (C=O) groups excluding carboxylic acids is 1. The number of fused-ring (bicyclic) bond motifs is 1. The van der Waals surface area contributed by atoms with Crippen molar-refractivity contribution in [2.75, 3.05) is 5.32 Å². The van der Waals surface area contributed by atoms with Crippen LogP contribution >= 0.6 is 0 Å². The van der Waals surface area contributed by atoms with Crippen LogP contribution in [0.25, 0.3) is 5.65 Å². The van der Waals surface area contributed by atoms with Gasteiger partial charge in [0, 0.05) is 6.04 Å². The van der Waals surface area contributed by atoms with E-state index in [-0.39, 0.29) is 11.9 Å². The van der Waals surface area contributed by atoms with Crippen LogP contribution in [0.3, 0.4) is 0 Å². The second kappa shape index (κ2) is 4.53. The second-order valence-electron chi connectivity index (χ2n) is 5.10. The molecule has 6 heteroatoms. The smallest absolute Gasteiger partial charge is 0.242 e. The summed E-state index contributed by atoms with van der Waals surface area (Å²) in [5.41, 5.74) is 1.86. The van der Waals surface area contributed by atoms with Crippen molar-refractivity contribution >= 4 is 17.4 Å².